The lowest BCUT2D eigenvalue weighted by molar-refractivity contribution is -0.149. The van der Waals surface area contributed by atoms with Crippen LogP contribution in [0.5, 0.6) is 0 Å². The molecule has 2 rings (SSSR count). The fourth-order valence-electron chi connectivity index (χ4n) is 5.22. The van der Waals surface area contributed by atoms with Crippen molar-refractivity contribution in [2.45, 2.75) is 90.4 Å². The van der Waals surface area contributed by atoms with Crippen molar-refractivity contribution in [1.82, 2.24) is 26.4 Å². The number of hydrogen-bond acceptors (Lipinski definition) is 8. The number of methoxy groups -OCH3 is 2. The lowest BCUT2D eigenvalue weighted by atomic mass is 9.89. The summed E-state index contributed by atoms with van der Waals surface area (Å²) < 4.78 is 9.36. The monoisotopic (exact) mass is 605 g/mol. The Kier molecular flexibility index (Phi) is 14.7. The molecule has 1 aromatic carbocycles. The first-order chi connectivity index (χ1) is 20.4. The Morgan fingerprint density at radius 2 is 1.58 bits per heavy atom. The first-order valence-electron chi connectivity index (χ1n) is 15.2. The number of ether oxygens (including phenoxy) is 2. The molecule has 0 spiro atoms. The minimum Gasteiger partial charge on any atom is -0.453 e. The van der Waals surface area contributed by atoms with Gasteiger partial charge in [0.15, 0.2) is 0 Å². The van der Waals surface area contributed by atoms with Gasteiger partial charge >= 0.3 is 12.2 Å². The third-order valence-corrected chi connectivity index (χ3v) is 7.94. The van der Waals surface area contributed by atoms with E-state index in [1.807, 2.05) is 49.2 Å². The summed E-state index contributed by atoms with van der Waals surface area (Å²) >= 11 is 0. The van der Waals surface area contributed by atoms with E-state index < -0.39 is 47.7 Å². The van der Waals surface area contributed by atoms with Gasteiger partial charge in [0.1, 0.15) is 6.04 Å². The van der Waals surface area contributed by atoms with Crippen LogP contribution in [0.2, 0.25) is 0 Å². The van der Waals surface area contributed by atoms with E-state index >= 15 is 0 Å². The summed E-state index contributed by atoms with van der Waals surface area (Å²) in [5, 5.41) is 20.8. The van der Waals surface area contributed by atoms with Crippen LogP contribution in [0.1, 0.15) is 71.8 Å². The van der Waals surface area contributed by atoms with Crippen LogP contribution in [0.15, 0.2) is 30.3 Å². The Labute approximate surface area is 255 Å². The second-order valence-electron chi connectivity index (χ2n) is 12.0. The lowest BCUT2D eigenvalue weighted by Crippen LogP contribution is -2.64. The minimum absolute atomic E-state index is 0.213. The van der Waals surface area contributed by atoms with Crippen LogP contribution in [0.4, 0.5) is 9.59 Å². The molecule has 1 aromatic rings. The Morgan fingerprint density at radius 3 is 2.14 bits per heavy atom. The van der Waals surface area contributed by atoms with E-state index in [0.29, 0.717) is 25.3 Å². The van der Waals surface area contributed by atoms with Gasteiger partial charge in [-0.25, -0.2) is 14.6 Å². The van der Waals surface area contributed by atoms with Gasteiger partial charge in [-0.1, -0.05) is 77.3 Å². The SMILES string of the molecule is COC(=O)N[C@H](C(=O)NN(CC1CCCCC1)C[C@H](CCc1ccccc1)NC(=O)[C@@](O)(NC(=O)OC)C(C)C)C(C)C. The molecule has 4 amide bonds. The van der Waals surface area contributed by atoms with Gasteiger partial charge in [0.05, 0.1) is 14.2 Å². The quantitative estimate of drug-likeness (QED) is 0.151. The van der Waals surface area contributed by atoms with Crippen LogP contribution < -0.4 is 21.4 Å². The number of rotatable bonds is 15. The van der Waals surface area contributed by atoms with E-state index in [1.165, 1.54) is 13.5 Å². The number of nitrogens with one attached hydrogen (secondary N) is 4. The Bertz CT molecular complexity index is 1030. The highest BCUT2D eigenvalue weighted by atomic mass is 16.5. The molecule has 0 bridgehead atoms. The molecule has 0 saturated heterocycles. The molecule has 242 valence electrons. The van der Waals surface area contributed by atoms with Gasteiger partial charge in [-0.2, -0.15) is 0 Å². The number of carbonyl (C=O) groups is 4. The summed E-state index contributed by atoms with van der Waals surface area (Å²) in [5.74, 6) is -1.71. The maximum Gasteiger partial charge on any atom is 0.409 e. The second-order valence-corrected chi connectivity index (χ2v) is 12.0. The molecule has 3 atom stereocenters. The first-order valence-corrected chi connectivity index (χ1v) is 15.2. The molecule has 0 aromatic heterocycles. The van der Waals surface area contributed by atoms with Crippen LogP contribution >= 0.6 is 0 Å². The van der Waals surface area contributed by atoms with Crippen molar-refractivity contribution in [3.05, 3.63) is 35.9 Å². The number of nitrogens with zero attached hydrogens (tertiary/aromatic N) is 1. The van der Waals surface area contributed by atoms with Gasteiger partial charge in [-0.15, -0.1) is 0 Å². The van der Waals surface area contributed by atoms with Gasteiger partial charge in [-0.05, 0) is 43.1 Å². The molecule has 0 unspecified atom stereocenters. The predicted molar refractivity (Wildman–Crippen MR) is 162 cm³/mol. The Morgan fingerprint density at radius 1 is 0.953 bits per heavy atom. The molecule has 1 aliphatic carbocycles. The highest BCUT2D eigenvalue weighted by Gasteiger charge is 2.42. The number of aryl methyl sites for hydroxylation is 1. The first kappa shape index (κ1) is 35.8. The van der Waals surface area contributed by atoms with Gasteiger partial charge in [0.25, 0.3) is 11.8 Å². The molecule has 1 aliphatic rings. The molecule has 0 heterocycles. The fraction of sp³-hybridized carbons (Fsp3) is 0.677. The summed E-state index contributed by atoms with van der Waals surface area (Å²) in [6.45, 7) is 7.68. The number of hydrogen-bond donors (Lipinski definition) is 5. The lowest BCUT2D eigenvalue weighted by Gasteiger charge is -2.36. The van der Waals surface area contributed by atoms with Gasteiger partial charge in [0.2, 0.25) is 5.72 Å². The molecule has 43 heavy (non-hydrogen) atoms. The fourth-order valence-corrected chi connectivity index (χ4v) is 5.22. The van der Waals surface area contributed by atoms with Crippen molar-refractivity contribution >= 4 is 24.0 Å². The number of aliphatic hydroxyl groups is 1. The molecule has 0 aliphatic heterocycles. The number of alkyl carbamates (subject to hydrolysis) is 2. The van der Waals surface area contributed by atoms with Gasteiger partial charge in [0, 0.05) is 25.0 Å². The topological polar surface area (TPSA) is 158 Å². The molecule has 1 saturated carbocycles. The minimum atomic E-state index is -2.22. The highest BCUT2D eigenvalue weighted by Crippen LogP contribution is 2.24. The van der Waals surface area contributed by atoms with Crippen molar-refractivity contribution < 1.29 is 33.8 Å². The number of amides is 4. The third-order valence-electron chi connectivity index (χ3n) is 7.94. The zero-order valence-electron chi connectivity index (χ0n) is 26.5. The van der Waals surface area contributed by atoms with Crippen LogP contribution in [-0.2, 0) is 25.5 Å². The summed E-state index contributed by atoms with van der Waals surface area (Å²) in [6.07, 6.45) is 4.93. The van der Waals surface area contributed by atoms with Crippen LogP contribution in [-0.4, -0.2) is 79.2 Å². The van der Waals surface area contributed by atoms with Crippen molar-refractivity contribution in [2.24, 2.45) is 17.8 Å². The van der Waals surface area contributed by atoms with E-state index in [-0.39, 0.29) is 12.5 Å². The zero-order chi connectivity index (χ0) is 32.0. The van der Waals surface area contributed by atoms with Crippen molar-refractivity contribution in [1.29, 1.82) is 0 Å². The predicted octanol–water partition coefficient (Wildman–Crippen LogP) is 3.10. The average Bonchev–Trinajstić information content (AvgIpc) is 2.98. The molecule has 0 radical (unpaired) electrons. The molecular weight excluding hydrogens is 554 g/mol. The van der Waals surface area contributed by atoms with Crippen molar-refractivity contribution in [3.63, 3.8) is 0 Å². The summed E-state index contributed by atoms with van der Waals surface area (Å²) in [6, 6.07) is 8.44. The van der Waals surface area contributed by atoms with E-state index in [4.69, 9.17) is 4.74 Å². The van der Waals surface area contributed by atoms with Crippen molar-refractivity contribution in [3.8, 4) is 0 Å². The number of carbonyl (C=O) groups excluding carboxylic acids is 4. The van der Waals surface area contributed by atoms with E-state index in [1.54, 1.807) is 13.8 Å². The van der Waals surface area contributed by atoms with Gasteiger partial charge in [-0.3, -0.25) is 20.3 Å². The molecular formula is C31H51N5O7. The van der Waals surface area contributed by atoms with Crippen LogP contribution in [0.25, 0.3) is 0 Å². The third kappa shape index (κ3) is 11.7. The molecule has 12 heteroatoms. The molecule has 5 N–H and O–H groups in total. The normalized spacial score (nSPS) is 16.6. The maximum atomic E-state index is 13.5. The van der Waals surface area contributed by atoms with Gasteiger partial charge < -0.3 is 25.2 Å². The van der Waals surface area contributed by atoms with Crippen LogP contribution in [0, 0.1) is 17.8 Å². The number of hydrazine groups is 1. The highest BCUT2D eigenvalue weighted by molar-refractivity contribution is 5.88. The standard InChI is InChI=1S/C31H51N5O7/c1-21(2)26(33-29(39)42-5)27(37)35-36(19-24-15-11-8-12-16-24)20-25(18-17-23-13-9-7-10-14-23)32-28(38)31(41,22(3)4)34-30(40)43-6/h7,9-10,13-14,21-22,24-26,41H,8,11-12,15-20H2,1-6H3,(H,32,38)(H,33,39)(H,34,40)(H,35,37)/t25-,26-,31+/m0/s1. The van der Waals surface area contributed by atoms with E-state index in [2.05, 4.69) is 26.1 Å². The maximum absolute atomic E-state index is 13.5. The number of benzene rings is 1. The summed E-state index contributed by atoms with van der Waals surface area (Å²) in [4.78, 5) is 51.0. The van der Waals surface area contributed by atoms with Crippen LogP contribution in [0.3, 0.4) is 0 Å². The summed E-state index contributed by atoms with van der Waals surface area (Å²) in [5.41, 5.74) is 1.85. The average molecular weight is 606 g/mol. The Balaban J connectivity index is 2.34. The van der Waals surface area contributed by atoms with E-state index in [0.717, 1.165) is 38.4 Å². The smallest absolute Gasteiger partial charge is 0.409 e. The largest absolute Gasteiger partial charge is 0.453 e. The van der Waals surface area contributed by atoms with E-state index in [9.17, 15) is 24.3 Å². The summed E-state index contributed by atoms with van der Waals surface area (Å²) in [7, 11) is 2.40. The zero-order valence-corrected chi connectivity index (χ0v) is 26.5. The second kappa shape index (κ2) is 17.7. The van der Waals surface area contributed by atoms with Crippen molar-refractivity contribution in [2.75, 3.05) is 27.3 Å². The molecule has 1 fully saturated rings. The Hall–Kier alpha value is -3.38. The molecule has 12 nitrogen and oxygen atoms in total.